The lowest BCUT2D eigenvalue weighted by molar-refractivity contribution is -0.384. The van der Waals surface area contributed by atoms with Crippen molar-refractivity contribution in [2.75, 3.05) is 12.4 Å². The number of anilines is 1. The second-order valence-electron chi connectivity index (χ2n) is 7.18. The van der Waals surface area contributed by atoms with Gasteiger partial charge in [0.25, 0.3) is 5.69 Å². The number of hydrogen-bond donors (Lipinski definition) is 2. The van der Waals surface area contributed by atoms with Gasteiger partial charge >= 0.3 is 0 Å². The Morgan fingerprint density at radius 3 is 2.16 bits per heavy atom. The van der Waals surface area contributed by atoms with Crippen molar-refractivity contribution in [2.24, 2.45) is 0 Å². The van der Waals surface area contributed by atoms with Crippen LogP contribution in [-0.4, -0.2) is 17.9 Å². The van der Waals surface area contributed by atoms with Gasteiger partial charge in [0.1, 0.15) is 6.61 Å². The fraction of sp³-hybridized carbons (Fsp3) is 0.208. The van der Waals surface area contributed by atoms with E-state index in [1.165, 1.54) is 19.1 Å². The first kappa shape index (κ1) is 22.8. The number of carbonyl (C=O) groups is 1. The molecule has 0 saturated heterocycles. The van der Waals surface area contributed by atoms with E-state index in [9.17, 15) is 14.9 Å². The number of nitro benzene ring substituents is 1. The molecule has 0 aliphatic heterocycles. The summed E-state index contributed by atoms with van der Waals surface area (Å²) in [5.41, 5.74) is 3.79. The molecule has 0 radical (unpaired) electrons. The highest BCUT2D eigenvalue weighted by Crippen LogP contribution is 2.29. The second-order valence-corrected chi connectivity index (χ2v) is 7.18. The maximum Gasteiger partial charge on any atom is 0.269 e. The van der Waals surface area contributed by atoms with Gasteiger partial charge in [0.15, 0.2) is 11.5 Å². The van der Waals surface area contributed by atoms with Gasteiger partial charge in [-0.3, -0.25) is 14.9 Å². The second kappa shape index (κ2) is 10.9. The van der Waals surface area contributed by atoms with Gasteiger partial charge in [-0.2, -0.15) is 0 Å². The van der Waals surface area contributed by atoms with Gasteiger partial charge in [0, 0.05) is 37.8 Å². The Morgan fingerprint density at radius 1 is 0.906 bits per heavy atom. The van der Waals surface area contributed by atoms with Crippen molar-refractivity contribution in [3.05, 3.63) is 93.5 Å². The van der Waals surface area contributed by atoms with Crippen molar-refractivity contribution in [1.29, 1.82) is 0 Å². The van der Waals surface area contributed by atoms with Crippen molar-refractivity contribution < 1.29 is 19.2 Å². The SMILES string of the molecule is COc1cc(CNCc2ccc(NC(C)=O)cc2)ccc1OCc1ccc([N+](=O)[O-])cc1. The van der Waals surface area contributed by atoms with Crippen molar-refractivity contribution >= 4 is 17.3 Å². The van der Waals surface area contributed by atoms with Crippen molar-refractivity contribution in [2.45, 2.75) is 26.6 Å². The zero-order chi connectivity index (χ0) is 22.9. The number of nitro groups is 1. The van der Waals surface area contributed by atoms with Crippen LogP contribution in [0.4, 0.5) is 11.4 Å². The molecule has 3 aromatic rings. The molecule has 0 aromatic heterocycles. The van der Waals surface area contributed by atoms with E-state index in [1.54, 1.807) is 19.2 Å². The van der Waals surface area contributed by atoms with E-state index >= 15 is 0 Å². The molecule has 0 saturated carbocycles. The van der Waals surface area contributed by atoms with Crippen LogP contribution in [0, 0.1) is 10.1 Å². The Hall–Kier alpha value is -3.91. The van der Waals surface area contributed by atoms with Crippen LogP contribution in [0.15, 0.2) is 66.7 Å². The third-order valence-electron chi connectivity index (χ3n) is 4.70. The third kappa shape index (κ3) is 6.55. The van der Waals surface area contributed by atoms with E-state index in [4.69, 9.17) is 9.47 Å². The number of amides is 1. The van der Waals surface area contributed by atoms with Gasteiger partial charge in [-0.15, -0.1) is 0 Å². The summed E-state index contributed by atoms with van der Waals surface area (Å²) in [7, 11) is 1.59. The van der Waals surface area contributed by atoms with Gasteiger partial charge < -0.3 is 20.1 Å². The molecule has 32 heavy (non-hydrogen) atoms. The fourth-order valence-electron chi connectivity index (χ4n) is 3.08. The average Bonchev–Trinajstić information content (AvgIpc) is 2.79. The van der Waals surface area contributed by atoms with Crippen LogP contribution in [0.25, 0.3) is 0 Å². The van der Waals surface area contributed by atoms with Crippen LogP contribution in [0.2, 0.25) is 0 Å². The Balaban J connectivity index is 1.53. The molecule has 0 fully saturated rings. The number of rotatable bonds is 10. The highest BCUT2D eigenvalue weighted by Gasteiger charge is 2.08. The first-order chi connectivity index (χ1) is 15.4. The average molecular weight is 435 g/mol. The molecule has 166 valence electrons. The Morgan fingerprint density at radius 2 is 1.53 bits per heavy atom. The van der Waals surface area contributed by atoms with Gasteiger partial charge in [-0.25, -0.2) is 0 Å². The molecule has 0 atom stereocenters. The number of benzene rings is 3. The van der Waals surface area contributed by atoms with E-state index in [-0.39, 0.29) is 18.2 Å². The van der Waals surface area contributed by atoms with Crippen LogP contribution in [0.3, 0.4) is 0 Å². The van der Waals surface area contributed by atoms with E-state index < -0.39 is 4.92 Å². The van der Waals surface area contributed by atoms with E-state index in [0.29, 0.717) is 24.6 Å². The summed E-state index contributed by atoms with van der Waals surface area (Å²) in [5.74, 6) is 1.12. The van der Waals surface area contributed by atoms with Crippen LogP contribution in [0.1, 0.15) is 23.6 Å². The van der Waals surface area contributed by atoms with Crippen LogP contribution < -0.4 is 20.1 Å². The summed E-state index contributed by atoms with van der Waals surface area (Å²) in [6.07, 6.45) is 0. The lowest BCUT2D eigenvalue weighted by atomic mass is 10.1. The lowest BCUT2D eigenvalue weighted by Crippen LogP contribution is -2.13. The summed E-state index contributed by atoms with van der Waals surface area (Å²) >= 11 is 0. The number of nitrogens with zero attached hydrogens (tertiary/aromatic N) is 1. The molecule has 0 aliphatic rings. The molecular formula is C24H25N3O5. The van der Waals surface area contributed by atoms with Gasteiger partial charge in [0.05, 0.1) is 12.0 Å². The third-order valence-corrected chi connectivity index (χ3v) is 4.70. The minimum Gasteiger partial charge on any atom is -0.493 e. The first-order valence-electron chi connectivity index (χ1n) is 10.0. The van der Waals surface area contributed by atoms with Crippen molar-refractivity contribution in [3.8, 4) is 11.5 Å². The predicted molar refractivity (Wildman–Crippen MR) is 122 cm³/mol. The molecule has 1 amide bonds. The maximum atomic E-state index is 11.1. The summed E-state index contributed by atoms with van der Waals surface area (Å²) in [6, 6.07) is 19.7. The molecule has 0 spiro atoms. The van der Waals surface area contributed by atoms with E-state index in [2.05, 4.69) is 10.6 Å². The summed E-state index contributed by atoms with van der Waals surface area (Å²) in [5, 5.41) is 16.9. The quantitative estimate of drug-likeness (QED) is 0.361. The van der Waals surface area contributed by atoms with E-state index in [1.807, 2.05) is 42.5 Å². The van der Waals surface area contributed by atoms with Crippen molar-refractivity contribution in [3.63, 3.8) is 0 Å². The number of non-ortho nitro benzene ring substituents is 1. The van der Waals surface area contributed by atoms with Crippen LogP contribution in [0.5, 0.6) is 11.5 Å². The number of methoxy groups -OCH3 is 1. The summed E-state index contributed by atoms with van der Waals surface area (Å²) < 4.78 is 11.3. The molecule has 8 heteroatoms. The van der Waals surface area contributed by atoms with Crippen LogP contribution in [-0.2, 0) is 24.5 Å². The summed E-state index contributed by atoms with van der Waals surface area (Å²) in [6.45, 7) is 3.09. The van der Waals surface area contributed by atoms with Crippen molar-refractivity contribution in [1.82, 2.24) is 5.32 Å². The normalized spacial score (nSPS) is 10.4. The maximum absolute atomic E-state index is 11.1. The largest absolute Gasteiger partial charge is 0.493 e. The fourth-order valence-corrected chi connectivity index (χ4v) is 3.08. The highest BCUT2D eigenvalue weighted by molar-refractivity contribution is 5.88. The minimum absolute atomic E-state index is 0.0480. The zero-order valence-electron chi connectivity index (χ0n) is 18.0. The minimum atomic E-state index is -0.429. The number of nitrogens with one attached hydrogen (secondary N) is 2. The van der Waals surface area contributed by atoms with Gasteiger partial charge in [-0.05, 0) is 53.1 Å². The Bertz CT molecular complexity index is 1070. The van der Waals surface area contributed by atoms with E-state index in [0.717, 1.165) is 22.4 Å². The molecule has 0 bridgehead atoms. The molecular weight excluding hydrogens is 410 g/mol. The highest BCUT2D eigenvalue weighted by atomic mass is 16.6. The standard InChI is InChI=1S/C24H25N3O5/c1-17(28)26-21-8-3-18(4-9-21)14-25-15-20-7-12-23(24(13-20)31-2)32-16-19-5-10-22(11-6-19)27(29)30/h3-13,25H,14-16H2,1-2H3,(H,26,28). The number of carbonyl (C=O) groups excluding carboxylic acids is 1. The Kier molecular flexibility index (Phi) is 7.77. The molecule has 2 N–H and O–H groups in total. The molecule has 0 unspecified atom stereocenters. The monoisotopic (exact) mass is 435 g/mol. The smallest absolute Gasteiger partial charge is 0.269 e. The van der Waals surface area contributed by atoms with Gasteiger partial charge in [0.2, 0.25) is 5.91 Å². The molecule has 3 rings (SSSR count). The van der Waals surface area contributed by atoms with Crippen LogP contribution >= 0.6 is 0 Å². The molecule has 0 heterocycles. The zero-order valence-corrected chi connectivity index (χ0v) is 18.0. The predicted octanol–water partition coefficient (Wildman–Crippen LogP) is 4.43. The molecule has 0 aliphatic carbocycles. The molecule has 3 aromatic carbocycles. The first-order valence-corrected chi connectivity index (χ1v) is 10.0. The van der Waals surface area contributed by atoms with Gasteiger partial charge in [-0.1, -0.05) is 18.2 Å². The topological polar surface area (TPSA) is 103 Å². The lowest BCUT2D eigenvalue weighted by Gasteiger charge is -2.13. The Labute approximate surface area is 186 Å². The molecule has 8 nitrogen and oxygen atoms in total. The number of hydrogen-bond acceptors (Lipinski definition) is 6. The summed E-state index contributed by atoms with van der Waals surface area (Å²) in [4.78, 5) is 21.4. The number of ether oxygens (including phenoxy) is 2.